The molecule has 0 spiro atoms. The van der Waals surface area contributed by atoms with Crippen molar-refractivity contribution in [3.05, 3.63) is 42.6 Å². The van der Waals surface area contributed by atoms with Crippen LogP contribution in [-0.2, 0) is 9.53 Å². The van der Waals surface area contributed by atoms with Crippen LogP contribution in [0.2, 0.25) is 0 Å². The van der Waals surface area contributed by atoms with Crippen LogP contribution in [0, 0.1) is 60.9 Å². The SMILES string of the molecule is C.C.C#C.CC(=O)OC(C[N+](=O)[O-])C1CCC1.O=[N+]([O-])/C=C/C1CCC1.O=[N+]([O-])CCC1CCC1.[2HH]. The van der Waals surface area contributed by atoms with E-state index in [1.54, 1.807) is 6.08 Å². The van der Waals surface area contributed by atoms with Gasteiger partial charge in [0.1, 0.15) is 0 Å². The van der Waals surface area contributed by atoms with Crippen molar-refractivity contribution in [3.8, 4) is 12.8 Å². The molecular weight excluding hydrogens is 458 g/mol. The lowest BCUT2D eigenvalue weighted by molar-refractivity contribution is -0.492. The van der Waals surface area contributed by atoms with Crippen molar-refractivity contribution >= 4 is 5.97 Å². The molecule has 0 aromatic rings. The highest BCUT2D eigenvalue weighted by Crippen LogP contribution is 2.31. The molecule has 0 saturated heterocycles. The minimum absolute atomic E-state index is 0. The van der Waals surface area contributed by atoms with E-state index in [4.69, 9.17) is 4.74 Å². The Morgan fingerprint density at radius 3 is 1.77 bits per heavy atom. The predicted octanol–water partition coefficient (Wildman–Crippen LogP) is 5.79. The maximum absolute atomic E-state index is 10.6. The third kappa shape index (κ3) is 19.0. The molecule has 35 heavy (non-hydrogen) atoms. The van der Waals surface area contributed by atoms with E-state index < -0.39 is 21.9 Å². The third-order valence-corrected chi connectivity index (χ3v) is 5.90. The highest BCUT2D eigenvalue weighted by atomic mass is 16.6. The van der Waals surface area contributed by atoms with E-state index in [0.717, 1.165) is 44.7 Å². The summed E-state index contributed by atoms with van der Waals surface area (Å²) in [7, 11) is 0. The first-order valence-corrected chi connectivity index (χ1v) is 11.2. The van der Waals surface area contributed by atoms with Crippen LogP contribution in [0.3, 0.4) is 0 Å². The standard InChI is InChI=1S/C8H13NO4.C6H11NO2.C6H9NO2.C2H2.2CH4.H2/c1-6(10)13-8(5-9(11)12)7-3-2-4-7;2*8-7(9)5-4-6-2-1-3-6;1-2;;;/h7-8H,2-5H2,1H3;6H,1-5H2;4-6H,1-3H2;1-2H;2*1H4;1H/b;;5-4+;;;;/i;;;;;;1+1. The summed E-state index contributed by atoms with van der Waals surface area (Å²) >= 11 is 0. The molecular formula is C24H45N3O8. The molecule has 11 nitrogen and oxygen atoms in total. The van der Waals surface area contributed by atoms with Crippen LogP contribution in [0.1, 0.15) is 87.4 Å². The molecule has 204 valence electrons. The fraction of sp³-hybridized carbons (Fsp3) is 0.792. The van der Waals surface area contributed by atoms with Gasteiger partial charge in [0, 0.05) is 30.5 Å². The molecule has 0 N–H and O–H groups in total. The van der Waals surface area contributed by atoms with Crippen LogP contribution >= 0.6 is 0 Å². The van der Waals surface area contributed by atoms with E-state index in [1.807, 2.05) is 0 Å². The Morgan fingerprint density at radius 2 is 1.49 bits per heavy atom. The molecule has 0 heterocycles. The zero-order valence-electron chi connectivity index (χ0n) is 19.2. The molecule has 0 aromatic heterocycles. The summed E-state index contributed by atoms with van der Waals surface area (Å²) in [6.07, 6.45) is 21.2. The lowest BCUT2D eigenvalue weighted by Crippen LogP contribution is -2.36. The number of ether oxygens (including phenoxy) is 1. The Kier molecular flexibility index (Phi) is 22.4. The van der Waals surface area contributed by atoms with Gasteiger partial charge in [0.15, 0.2) is 6.10 Å². The van der Waals surface area contributed by atoms with Gasteiger partial charge in [0.2, 0.25) is 19.3 Å². The molecule has 3 aliphatic rings. The molecule has 0 bridgehead atoms. The van der Waals surface area contributed by atoms with Gasteiger partial charge in [-0.1, -0.05) is 47.0 Å². The minimum Gasteiger partial charge on any atom is -0.455 e. The fourth-order valence-corrected chi connectivity index (χ4v) is 3.35. The average molecular weight is 505 g/mol. The number of hydrogen-bond donors (Lipinski definition) is 0. The van der Waals surface area contributed by atoms with Crippen LogP contribution in [0.25, 0.3) is 0 Å². The summed E-state index contributed by atoms with van der Waals surface area (Å²) < 4.78 is 4.88. The number of terminal acetylenes is 1. The molecule has 0 radical (unpaired) electrons. The highest BCUT2D eigenvalue weighted by Gasteiger charge is 2.33. The van der Waals surface area contributed by atoms with E-state index in [-0.39, 0.29) is 40.2 Å². The molecule has 3 fully saturated rings. The molecule has 11 heteroatoms. The third-order valence-electron chi connectivity index (χ3n) is 5.90. The number of nitrogens with zero attached hydrogens (tertiary/aromatic N) is 3. The van der Waals surface area contributed by atoms with Crippen molar-refractivity contribution in [2.24, 2.45) is 17.8 Å². The number of allylic oxidation sites excluding steroid dienone is 1. The van der Waals surface area contributed by atoms with Gasteiger partial charge in [0.25, 0.3) is 0 Å². The van der Waals surface area contributed by atoms with Crippen molar-refractivity contribution < 1.29 is 25.7 Å². The van der Waals surface area contributed by atoms with E-state index in [2.05, 4.69) is 12.8 Å². The van der Waals surface area contributed by atoms with Crippen molar-refractivity contribution in [2.45, 2.75) is 92.1 Å². The molecule has 0 aliphatic heterocycles. The largest absolute Gasteiger partial charge is 0.455 e. The average Bonchev–Trinajstić information content (AvgIpc) is 2.59. The molecule has 3 rings (SSSR count). The van der Waals surface area contributed by atoms with Gasteiger partial charge >= 0.3 is 5.97 Å². The van der Waals surface area contributed by atoms with Crippen LogP contribution in [0.15, 0.2) is 12.3 Å². The van der Waals surface area contributed by atoms with Crippen LogP contribution < -0.4 is 0 Å². The normalized spacial score (nSPS) is 17.1. The van der Waals surface area contributed by atoms with E-state index in [1.165, 1.54) is 32.6 Å². The van der Waals surface area contributed by atoms with E-state index >= 15 is 0 Å². The maximum Gasteiger partial charge on any atom is 0.303 e. The molecule has 3 saturated carbocycles. The number of esters is 1. The Balaban J connectivity index is -0.000000202. The molecule has 1 unspecified atom stereocenters. The molecule has 0 amide bonds. The second kappa shape index (κ2) is 21.5. The highest BCUT2D eigenvalue weighted by molar-refractivity contribution is 5.66. The smallest absolute Gasteiger partial charge is 0.303 e. The minimum atomic E-state index is -0.513. The van der Waals surface area contributed by atoms with Crippen molar-refractivity contribution in [1.82, 2.24) is 0 Å². The van der Waals surface area contributed by atoms with Crippen LogP contribution in [0.5, 0.6) is 0 Å². The summed E-state index contributed by atoms with van der Waals surface area (Å²) in [5.41, 5.74) is 0. The Morgan fingerprint density at radius 1 is 0.971 bits per heavy atom. The zero-order chi connectivity index (χ0) is 25.2. The van der Waals surface area contributed by atoms with Crippen LogP contribution in [0.4, 0.5) is 0 Å². The number of carbonyl (C=O) groups excluding carboxylic acids is 1. The molecule has 0 aromatic carbocycles. The van der Waals surface area contributed by atoms with E-state index in [0.29, 0.717) is 11.8 Å². The van der Waals surface area contributed by atoms with Gasteiger partial charge in [-0.15, -0.1) is 12.8 Å². The van der Waals surface area contributed by atoms with Crippen molar-refractivity contribution in [3.63, 3.8) is 0 Å². The molecule has 1 atom stereocenters. The topological polar surface area (TPSA) is 156 Å². The number of hydrogen-bond acceptors (Lipinski definition) is 8. The summed E-state index contributed by atoms with van der Waals surface area (Å²) in [4.78, 5) is 39.4. The predicted molar refractivity (Wildman–Crippen MR) is 138 cm³/mol. The summed E-state index contributed by atoms with van der Waals surface area (Å²) in [6.45, 7) is 1.19. The van der Waals surface area contributed by atoms with Crippen LogP contribution in [-0.4, -0.2) is 39.9 Å². The monoisotopic (exact) mass is 504 g/mol. The van der Waals surface area contributed by atoms with Gasteiger partial charge in [-0.2, -0.15) is 0 Å². The fourth-order valence-electron chi connectivity index (χ4n) is 3.35. The van der Waals surface area contributed by atoms with Gasteiger partial charge in [-0.3, -0.25) is 35.1 Å². The first-order chi connectivity index (χ1) is 15.7. The zero-order valence-corrected chi connectivity index (χ0v) is 19.2. The second-order valence-corrected chi connectivity index (χ2v) is 8.31. The van der Waals surface area contributed by atoms with Gasteiger partial charge in [-0.05, 0) is 43.6 Å². The first kappa shape index (κ1) is 36.5. The quantitative estimate of drug-likeness (QED) is 0.165. The van der Waals surface area contributed by atoms with Gasteiger partial charge < -0.3 is 4.74 Å². The lowest BCUT2D eigenvalue weighted by atomic mass is 9.81. The lowest BCUT2D eigenvalue weighted by Gasteiger charge is -2.30. The summed E-state index contributed by atoms with van der Waals surface area (Å²) in [6, 6.07) is 0. The molecule has 3 aliphatic carbocycles. The van der Waals surface area contributed by atoms with Gasteiger partial charge in [0.05, 0.1) is 4.92 Å². The van der Waals surface area contributed by atoms with Crippen molar-refractivity contribution in [1.29, 1.82) is 0 Å². The summed E-state index contributed by atoms with van der Waals surface area (Å²) in [5, 5.41) is 29.9. The Hall–Kier alpha value is -3.03. The summed E-state index contributed by atoms with van der Waals surface area (Å²) in [5.74, 6) is 0.943. The Bertz CT molecular complexity index is 660. The maximum atomic E-state index is 10.6. The second-order valence-electron chi connectivity index (χ2n) is 8.31. The van der Waals surface area contributed by atoms with Crippen molar-refractivity contribution in [2.75, 3.05) is 13.1 Å². The number of rotatable bonds is 9. The Labute approximate surface area is 210 Å². The van der Waals surface area contributed by atoms with E-state index in [9.17, 15) is 35.1 Å². The number of carbonyl (C=O) groups is 1. The van der Waals surface area contributed by atoms with Gasteiger partial charge in [-0.25, -0.2) is 0 Å². The first-order valence-electron chi connectivity index (χ1n) is 11.2. The number of nitro groups is 3.